The standard InChI is InChI=1S/C10H7N5O2S/c16-8(14-10-11-5-12-15-10)6-4-18-9(13-6)7-2-1-3-17-7/h1-5H,(H2,11,12,14,15,16). The lowest BCUT2D eigenvalue weighted by Gasteiger charge is -1.96. The maximum Gasteiger partial charge on any atom is 0.277 e. The number of amides is 1. The minimum atomic E-state index is -0.346. The smallest absolute Gasteiger partial charge is 0.277 e. The Kier molecular flexibility index (Phi) is 2.61. The number of hydrogen-bond acceptors (Lipinski definition) is 6. The lowest BCUT2D eigenvalue weighted by molar-refractivity contribution is 0.102. The van der Waals surface area contributed by atoms with Crippen molar-refractivity contribution in [1.82, 2.24) is 20.2 Å². The largest absolute Gasteiger partial charge is 0.462 e. The van der Waals surface area contributed by atoms with Gasteiger partial charge in [-0.15, -0.1) is 11.3 Å². The van der Waals surface area contributed by atoms with Gasteiger partial charge in [0.05, 0.1) is 6.26 Å². The average Bonchev–Trinajstić information content (AvgIpc) is 3.11. The van der Waals surface area contributed by atoms with Gasteiger partial charge in [-0.05, 0) is 12.1 Å². The molecule has 0 atom stereocenters. The van der Waals surface area contributed by atoms with Crippen LogP contribution in [0.1, 0.15) is 10.5 Å². The molecule has 3 heterocycles. The minimum Gasteiger partial charge on any atom is -0.462 e. The molecule has 3 rings (SSSR count). The highest BCUT2D eigenvalue weighted by Gasteiger charge is 2.14. The quantitative estimate of drug-likeness (QED) is 0.749. The van der Waals surface area contributed by atoms with Crippen LogP contribution in [0.2, 0.25) is 0 Å². The number of hydrogen-bond donors (Lipinski definition) is 2. The van der Waals surface area contributed by atoms with Gasteiger partial charge < -0.3 is 4.42 Å². The van der Waals surface area contributed by atoms with Crippen LogP contribution in [0.3, 0.4) is 0 Å². The number of H-pyrrole nitrogens is 1. The molecule has 0 aromatic carbocycles. The summed E-state index contributed by atoms with van der Waals surface area (Å²) in [5.74, 6) is 0.576. The van der Waals surface area contributed by atoms with E-state index < -0.39 is 0 Å². The van der Waals surface area contributed by atoms with Crippen LogP contribution in [0.15, 0.2) is 34.5 Å². The number of thiazole rings is 1. The summed E-state index contributed by atoms with van der Waals surface area (Å²) in [6, 6.07) is 3.56. The first-order valence-electron chi connectivity index (χ1n) is 4.99. The van der Waals surface area contributed by atoms with Crippen LogP contribution in [0.4, 0.5) is 5.95 Å². The summed E-state index contributed by atoms with van der Waals surface area (Å²) in [5.41, 5.74) is 0.308. The highest BCUT2D eigenvalue weighted by molar-refractivity contribution is 7.13. The molecule has 0 bridgehead atoms. The third-order valence-corrected chi connectivity index (χ3v) is 2.97. The van der Waals surface area contributed by atoms with E-state index in [-0.39, 0.29) is 11.9 Å². The Balaban J connectivity index is 1.79. The molecule has 0 aliphatic rings. The molecule has 0 unspecified atom stereocenters. The monoisotopic (exact) mass is 261 g/mol. The Bertz CT molecular complexity index is 644. The number of furan rings is 1. The van der Waals surface area contributed by atoms with Crippen molar-refractivity contribution in [2.24, 2.45) is 0 Å². The highest BCUT2D eigenvalue weighted by atomic mass is 32.1. The second kappa shape index (κ2) is 4.41. The number of carbonyl (C=O) groups is 1. The van der Waals surface area contributed by atoms with E-state index in [2.05, 4.69) is 25.5 Å². The lowest BCUT2D eigenvalue weighted by Crippen LogP contribution is -2.13. The Morgan fingerprint density at radius 1 is 1.50 bits per heavy atom. The van der Waals surface area contributed by atoms with Gasteiger partial charge in [0, 0.05) is 5.38 Å². The fraction of sp³-hybridized carbons (Fsp3) is 0. The van der Waals surface area contributed by atoms with Crippen LogP contribution in [0.25, 0.3) is 10.8 Å². The van der Waals surface area contributed by atoms with Gasteiger partial charge in [-0.25, -0.2) is 10.1 Å². The zero-order valence-electron chi connectivity index (χ0n) is 8.95. The Labute approximate surface area is 105 Å². The predicted octanol–water partition coefficient (Wildman–Crippen LogP) is 1.77. The first-order valence-corrected chi connectivity index (χ1v) is 5.87. The zero-order chi connectivity index (χ0) is 12.4. The first-order chi connectivity index (χ1) is 8.83. The Morgan fingerprint density at radius 3 is 3.17 bits per heavy atom. The second-order valence-electron chi connectivity index (χ2n) is 3.30. The van der Waals surface area contributed by atoms with E-state index in [1.807, 2.05) is 0 Å². The molecule has 0 aliphatic heterocycles. The summed E-state index contributed by atoms with van der Waals surface area (Å²) in [6.07, 6.45) is 2.87. The van der Waals surface area contributed by atoms with Crippen molar-refractivity contribution in [1.29, 1.82) is 0 Å². The van der Waals surface area contributed by atoms with Crippen molar-refractivity contribution in [3.63, 3.8) is 0 Å². The number of anilines is 1. The molecule has 8 heteroatoms. The van der Waals surface area contributed by atoms with Crippen molar-refractivity contribution in [3.8, 4) is 10.8 Å². The van der Waals surface area contributed by atoms with Gasteiger partial charge >= 0.3 is 0 Å². The van der Waals surface area contributed by atoms with Crippen molar-refractivity contribution in [3.05, 3.63) is 35.8 Å². The third-order valence-electron chi connectivity index (χ3n) is 2.12. The third kappa shape index (κ3) is 2.00. The summed E-state index contributed by atoms with van der Waals surface area (Å²) in [7, 11) is 0. The van der Waals surface area contributed by atoms with Crippen LogP contribution in [0, 0.1) is 0 Å². The molecule has 3 aromatic rings. The van der Waals surface area contributed by atoms with Crippen LogP contribution >= 0.6 is 11.3 Å². The van der Waals surface area contributed by atoms with E-state index in [0.717, 1.165) is 0 Å². The molecule has 0 aliphatic carbocycles. The van der Waals surface area contributed by atoms with E-state index in [1.54, 1.807) is 23.8 Å². The topological polar surface area (TPSA) is 96.7 Å². The summed E-state index contributed by atoms with van der Waals surface area (Å²) < 4.78 is 5.21. The number of aromatic nitrogens is 4. The molecule has 0 saturated carbocycles. The van der Waals surface area contributed by atoms with E-state index in [4.69, 9.17) is 4.42 Å². The van der Waals surface area contributed by atoms with Gasteiger partial charge in [0.1, 0.15) is 12.0 Å². The number of rotatable bonds is 3. The van der Waals surface area contributed by atoms with Crippen molar-refractivity contribution in [2.45, 2.75) is 0 Å². The summed E-state index contributed by atoms with van der Waals surface area (Å²) in [4.78, 5) is 19.8. The number of aromatic amines is 1. The van der Waals surface area contributed by atoms with Gasteiger partial charge in [0.2, 0.25) is 5.95 Å². The molecule has 90 valence electrons. The molecule has 18 heavy (non-hydrogen) atoms. The van der Waals surface area contributed by atoms with Crippen molar-refractivity contribution < 1.29 is 9.21 Å². The second-order valence-corrected chi connectivity index (χ2v) is 4.16. The molecule has 0 radical (unpaired) electrons. The lowest BCUT2D eigenvalue weighted by atomic mass is 10.4. The van der Waals surface area contributed by atoms with Crippen LogP contribution < -0.4 is 5.32 Å². The Morgan fingerprint density at radius 2 is 2.44 bits per heavy atom. The summed E-state index contributed by atoms with van der Waals surface area (Å²) in [6.45, 7) is 0. The molecule has 1 amide bonds. The van der Waals surface area contributed by atoms with Gasteiger partial charge in [0.15, 0.2) is 10.8 Å². The molecule has 0 fully saturated rings. The van der Waals surface area contributed by atoms with Gasteiger partial charge in [-0.2, -0.15) is 10.1 Å². The average molecular weight is 261 g/mol. The summed E-state index contributed by atoms with van der Waals surface area (Å²) >= 11 is 1.34. The zero-order valence-corrected chi connectivity index (χ0v) is 9.77. The molecule has 2 N–H and O–H groups in total. The first kappa shape index (κ1) is 10.7. The normalized spacial score (nSPS) is 10.4. The Hall–Kier alpha value is -2.48. The number of nitrogens with zero attached hydrogens (tertiary/aromatic N) is 3. The number of nitrogens with one attached hydrogen (secondary N) is 2. The van der Waals surface area contributed by atoms with Gasteiger partial charge in [-0.3, -0.25) is 10.1 Å². The van der Waals surface area contributed by atoms with Gasteiger partial charge in [0.25, 0.3) is 5.91 Å². The molecule has 0 saturated heterocycles. The summed E-state index contributed by atoms with van der Waals surface area (Å²) in [5, 5.41) is 11.0. The molecule has 3 aromatic heterocycles. The molecular weight excluding hydrogens is 254 g/mol. The maximum absolute atomic E-state index is 11.8. The van der Waals surface area contributed by atoms with E-state index in [1.165, 1.54) is 17.7 Å². The fourth-order valence-electron chi connectivity index (χ4n) is 1.33. The predicted molar refractivity (Wildman–Crippen MR) is 64.2 cm³/mol. The fourth-order valence-corrected chi connectivity index (χ4v) is 2.10. The highest BCUT2D eigenvalue weighted by Crippen LogP contribution is 2.24. The number of carbonyl (C=O) groups excluding carboxylic acids is 1. The van der Waals surface area contributed by atoms with Crippen LogP contribution in [-0.2, 0) is 0 Å². The van der Waals surface area contributed by atoms with Crippen molar-refractivity contribution in [2.75, 3.05) is 5.32 Å². The molecule has 7 nitrogen and oxygen atoms in total. The van der Waals surface area contributed by atoms with Crippen LogP contribution in [0.5, 0.6) is 0 Å². The van der Waals surface area contributed by atoms with E-state index >= 15 is 0 Å². The maximum atomic E-state index is 11.8. The minimum absolute atomic E-state index is 0.285. The molecule has 0 spiro atoms. The van der Waals surface area contributed by atoms with Crippen molar-refractivity contribution >= 4 is 23.2 Å². The van der Waals surface area contributed by atoms with Crippen LogP contribution in [-0.4, -0.2) is 26.1 Å². The SMILES string of the molecule is O=C(Nc1ncn[nH]1)c1csc(-c2ccco2)n1. The van der Waals surface area contributed by atoms with Gasteiger partial charge in [-0.1, -0.05) is 0 Å². The molecular formula is C10H7N5O2S. The van der Waals surface area contributed by atoms with E-state index in [0.29, 0.717) is 16.5 Å². The van der Waals surface area contributed by atoms with E-state index in [9.17, 15) is 4.79 Å².